The molecule has 0 saturated carbocycles. The minimum Gasteiger partial charge on any atom is -0.459 e. The van der Waals surface area contributed by atoms with Crippen molar-refractivity contribution in [2.24, 2.45) is 16.5 Å². The Bertz CT molecular complexity index is 487. The summed E-state index contributed by atoms with van der Waals surface area (Å²) in [6.07, 6.45) is -0.760. The summed E-state index contributed by atoms with van der Waals surface area (Å²) in [6, 6.07) is -1.53. The molecule has 0 aromatic heterocycles. The normalized spacial score (nSPS) is 19.1. The van der Waals surface area contributed by atoms with E-state index in [1.807, 2.05) is 0 Å². The van der Waals surface area contributed by atoms with Gasteiger partial charge in [0.15, 0.2) is 6.04 Å². The van der Waals surface area contributed by atoms with Gasteiger partial charge in [-0.25, -0.2) is 9.59 Å². The van der Waals surface area contributed by atoms with Crippen LogP contribution in [0.1, 0.15) is 26.7 Å². The van der Waals surface area contributed by atoms with E-state index in [9.17, 15) is 24.2 Å². The average molecular weight is 344 g/mol. The van der Waals surface area contributed by atoms with Crippen molar-refractivity contribution in [3.63, 3.8) is 0 Å². The Morgan fingerprint density at radius 3 is 2.54 bits per heavy atom. The number of esters is 1. The fourth-order valence-electron chi connectivity index (χ4n) is 2.35. The van der Waals surface area contributed by atoms with Crippen molar-refractivity contribution in [3.8, 4) is 0 Å². The lowest BCUT2D eigenvalue weighted by Gasteiger charge is -2.27. The molecule has 1 heterocycles. The first-order valence-electron chi connectivity index (χ1n) is 7.55. The Kier molecular flexibility index (Phi) is 7.72. The summed E-state index contributed by atoms with van der Waals surface area (Å²) in [4.78, 5) is 56.9. The van der Waals surface area contributed by atoms with Gasteiger partial charge in [-0.2, -0.15) is 0 Å². The van der Waals surface area contributed by atoms with Gasteiger partial charge in [0.05, 0.1) is 23.7 Å². The Labute approximate surface area is 138 Å². The third-order valence-electron chi connectivity index (χ3n) is 3.62. The maximum absolute atomic E-state index is 12.4. The van der Waals surface area contributed by atoms with Gasteiger partial charge in [0, 0.05) is 18.9 Å². The van der Waals surface area contributed by atoms with Crippen molar-refractivity contribution in [2.75, 3.05) is 19.7 Å². The fraction of sp³-hybridized carbons (Fsp3) is 0.769. The van der Waals surface area contributed by atoms with Crippen LogP contribution in [-0.2, 0) is 19.1 Å². The van der Waals surface area contributed by atoms with E-state index < -0.39 is 30.1 Å². The first-order chi connectivity index (χ1) is 11.5. The van der Waals surface area contributed by atoms with Crippen molar-refractivity contribution < 1.29 is 23.9 Å². The molecule has 3 unspecified atom stereocenters. The number of rotatable bonds is 9. The SMILES string of the molecule is CCOC(=O)N(N=O)C(C(=O)OC1CCN(N=O)C1)C(C=O)CC. The molecular weight excluding hydrogens is 324 g/mol. The van der Waals surface area contributed by atoms with E-state index in [4.69, 9.17) is 4.74 Å². The van der Waals surface area contributed by atoms with Crippen LogP contribution >= 0.6 is 0 Å². The Balaban J connectivity index is 2.93. The molecule has 3 atom stereocenters. The number of nitrogens with zero attached hydrogens (tertiary/aromatic N) is 4. The Morgan fingerprint density at radius 1 is 1.38 bits per heavy atom. The predicted molar refractivity (Wildman–Crippen MR) is 80.2 cm³/mol. The molecule has 0 aromatic rings. The van der Waals surface area contributed by atoms with E-state index in [0.29, 0.717) is 19.3 Å². The molecule has 0 bridgehead atoms. The van der Waals surface area contributed by atoms with E-state index >= 15 is 0 Å². The molecule has 11 heteroatoms. The van der Waals surface area contributed by atoms with Crippen LogP contribution in [0.15, 0.2) is 10.6 Å². The van der Waals surface area contributed by atoms with E-state index in [0.717, 1.165) is 0 Å². The quantitative estimate of drug-likeness (QED) is 0.262. The highest BCUT2D eigenvalue weighted by molar-refractivity contribution is 5.84. The standard InChI is InChI=1S/C13H20N4O7/c1-3-9(8-18)11(17(15-22)13(20)23-4-2)12(19)24-10-5-6-16(7-10)14-21/h8-11H,3-7H2,1-2H3. The van der Waals surface area contributed by atoms with Gasteiger partial charge in [0.25, 0.3) is 0 Å². The smallest absolute Gasteiger partial charge is 0.433 e. The van der Waals surface area contributed by atoms with Crippen LogP contribution in [0.2, 0.25) is 0 Å². The van der Waals surface area contributed by atoms with Gasteiger partial charge in [-0.15, -0.1) is 14.8 Å². The van der Waals surface area contributed by atoms with Gasteiger partial charge in [-0.3, -0.25) is 5.01 Å². The van der Waals surface area contributed by atoms with E-state index in [2.05, 4.69) is 15.3 Å². The lowest BCUT2D eigenvalue weighted by molar-refractivity contribution is -0.157. The minimum absolute atomic E-state index is 0.0346. The second-order valence-corrected chi connectivity index (χ2v) is 5.12. The van der Waals surface area contributed by atoms with Gasteiger partial charge in [0.1, 0.15) is 12.4 Å². The topological polar surface area (TPSA) is 135 Å². The molecule has 1 saturated heterocycles. The largest absolute Gasteiger partial charge is 0.459 e. The summed E-state index contributed by atoms with van der Waals surface area (Å²) in [6.45, 7) is 3.53. The molecule has 0 aromatic carbocycles. The summed E-state index contributed by atoms with van der Waals surface area (Å²) < 4.78 is 9.89. The van der Waals surface area contributed by atoms with E-state index in [1.54, 1.807) is 6.92 Å². The van der Waals surface area contributed by atoms with Crippen LogP contribution in [0.3, 0.4) is 0 Å². The van der Waals surface area contributed by atoms with Gasteiger partial charge in [-0.05, 0) is 13.3 Å². The van der Waals surface area contributed by atoms with Crippen molar-refractivity contribution in [1.29, 1.82) is 0 Å². The molecule has 1 amide bonds. The number of carbonyl (C=O) groups is 3. The van der Waals surface area contributed by atoms with E-state index in [1.165, 1.54) is 11.9 Å². The molecule has 0 aliphatic carbocycles. The molecule has 1 rings (SSSR count). The van der Waals surface area contributed by atoms with Gasteiger partial charge < -0.3 is 14.3 Å². The second kappa shape index (κ2) is 9.53. The maximum atomic E-state index is 12.4. The third kappa shape index (κ3) is 4.70. The number of hydrogen-bond acceptors (Lipinski definition) is 9. The fourth-order valence-corrected chi connectivity index (χ4v) is 2.35. The van der Waals surface area contributed by atoms with Crippen molar-refractivity contribution in [3.05, 3.63) is 9.81 Å². The molecular formula is C13H20N4O7. The first-order valence-corrected chi connectivity index (χ1v) is 7.55. The zero-order chi connectivity index (χ0) is 18.1. The second-order valence-electron chi connectivity index (χ2n) is 5.12. The summed E-state index contributed by atoms with van der Waals surface area (Å²) in [5.41, 5.74) is 0. The summed E-state index contributed by atoms with van der Waals surface area (Å²) in [7, 11) is 0. The van der Waals surface area contributed by atoms with Crippen LogP contribution in [0.4, 0.5) is 4.79 Å². The van der Waals surface area contributed by atoms with Gasteiger partial charge in [-0.1, -0.05) is 6.92 Å². The zero-order valence-electron chi connectivity index (χ0n) is 13.5. The number of aldehydes is 1. The molecule has 1 aliphatic heterocycles. The zero-order valence-corrected chi connectivity index (χ0v) is 13.5. The third-order valence-corrected chi connectivity index (χ3v) is 3.62. The first kappa shape index (κ1) is 19.5. The van der Waals surface area contributed by atoms with Crippen molar-refractivity contribution >= 4 is 18.3 Å². The molecule has 1 fully saturated rings. The number of carbonyl (C=O) groups excluding carboxylic acids is 3. The highest BCUT2D eigenvalue weighted by Gasteiger charge is 2.41. The lowest BCUT2D eigenvalue weighted by atomic mass is 9.98. The van der Waals surface area contributed by atoms with Gasteiger partial charge in [0.2, 0.25) is 0 Å². The molecule has 0 radical (unpaired) electrons. The predicted octanol–water partition coefficient (Wildman–Crippen LogP) is 1.02. The molecule has 1 aliphatic rings. The Morgan fingerprint density at radius 2 is 2.08 bits per heavy atom. The number of hydrogen-bond donors (Lipinski definition) is 0. The molecule has 134 valence electrons. The van der Waals surface area contributed by atoms with Crippen LogP contribution in [-0.4, -0.2) is 60.2 Å². The van der Waals surface area contributed by atoms with Crippen molar-refractivity contribution in [1.82, 2.24) is 10.0 Å². The highest BCUT2D eigenvalue weighted by Crippen LogP contribution is 2.20. The summed E-state index contributed by atoms with van der Waals surface area (Å²) >= 11 is 0. The number of amides is 1. The van der Waals surface area contributed by atoms with Gasteiger partial charge >= 0.3 is 12.1 Å². The van der Waals surface area contributed by atoms with E-state index in [-0.39, 0.29) is 24.6 Å². The average Bonchev–Trinajstić information content (AvgIpc) is 3.02. The molecule has 11 nitrogen and oxygen atoms in total. The van der Waals surface area contributed by atoms with Crippen molar-refractivity contribution in [2.45, 2.75) is 38.8 Å². The number of ether oxygens (including phenoxy) is 2. The molecule has 0 N–H and O–H groups in total. The maximum Gasteiger partial charge on any atom is 0.433 e. The molecule has 0 spiro atoms. The summed E-state index contributed by atoms with van der Waals surface area (Å²) in [5, 5.41) is 6.73. The monoisotopic (exact) mass is 344 g/mol. The summed E-state index contributed by atoms with van der Waals surface area (Å²) in [5.74, 6) is -1.94. The lowest BCUT2D eigenvalue weighted by Crippen LogP contribution is -2.48. The molecule has 24 heavy (non-hydrogen) atoms. The Hall–Kier alpha value is -2.59. The van der Waals surface area contributed by atoms with Crippen LogP contribution in [0.5, 0.6) is 0 Å². The minimum atomic E-state index is -1.53. The highest BCUT2D eigenvalue weighted by atomic mass is 16.6. The number of nitroso groups, excluding NO2 is 2. The van der Waals surface area contributed by atoms with Crippen LogP contribution < -0.4 is 0 Å². The van der Waals surface area contributed by atoms with Crippen LogP contribution in [0.25, 0.3) is 0 Å². The van der Waals surface area contributed by atoms with Crippen LogP contribution in [0, 0.1) is 15.7 Å².